The van der Waals surface area contributed by atoms with E-state index in [1.165, 1.54) is 5.57 Å². The number of hydrogen-bond acceptors (Lipinski definition) is 3. The summed E-state index contributed by atoms with van der Waals surface area (Å²) in [6, 6.07) is 1.75. The molecule has 4 N–H and O–H groups in total. The fourth-order valence-electron chi connectivity index (χ4n) is 1.01. The van der Waals surface area contributed by atoms with Crippen molar-refractivity contribution < 1.29 is 0 Å². The Balaban J connectivity index is 2.73. The van der Waals surface area contributed by atoms with Crippen LogP contribution in [0.3, 0.4) is 0 Å². The normalized spacial score (nSPS) is 9.57. The molecular formula is C10H15N3O. The zero-order chi connectivity index (χ0) is 10.6. The van der Waals surface area contributed by atoms with Gasteiger partial charge in [-0.3, -0.25) is 4.79 Å². The largest absolute Gasteiger partial charge is 0.393 e. The third-order valence-electron chi connectivity index (χ3n) is 1.80. The van der Waals surface area contributed by atoms with Gasteiger partial charge in [0.25, 0.3) is 5.56 Å². The Labute approximate surface area is 82.8 Å². The van der Waals surface area contributed by atoms with E-state index in [9.17, 15) is 4.79 Å². The maximum atomic E-state index is 11.1. The molecule has 0 fully saturated rings. The second-order valence-electron chi connectivity index (χ2n) is 3.30. The van der Waals surface area contributed by atoms with Crippen LogP contribution < -0.4 is 16.6 Å². The first-order valence-electron chi connectivity index (χ1n) is 4.45. The topological polar surface area (TPSA) is 70.9 Å². The first-order valence-corrected chi connectivity index (χ1v) is 4.45. The molecule has 1 heterocycles. The van der Waals surface area contributed by atoms with Crippen molar-refractivity contribution >= 4 is 11.4 Å². The third kappa shape index (κ3) is 2.65. The predicted molar refractivity (Wildman–Crippen MR) is 59.4 cm³/mol. The number of rotatable bonds is 3. The van der Waals surface area contributed by atoms with Gasteiger partial charge < -0.3 is 16.0 Å². The lowest BCUT2D eigenvalue weighted by molar-refractivity contribution is 1.21. The molecule has 0 spiro atoms. The molecule has 4 nitrogen and oxygen atoms in total. The van der Waals surface area contributed by atoms with Crippen LogP contribution in [0.4, 0.5) is 11.4 Å². The maximum Gasteiger partial charge on any atom is 0.273 e. The van der Waals surface area contributed by atoms with Crippen molar-refractivity contribution in [2.24, 2.45) is 0 Å². The Hall–Kier alpha value is -1.71. The minimum atomic E-state index is -0.257. The monoisotopic (exact) mass is 193 g/mol. The minimum Gasteiger partial charge on any atom is -0.393 e. The number of nitrogens with two attached hydrogens (primary N) is 1. The molecule has 1 aromatic rings. The number of aromatic nitrogens is 1. The SMILES string of the molecule is CC(C)=CCNc1cc[nH]c(=O)c1N. The molecule has 0 aliphatic heterocycles. The van der Waals surface area contributed by atoms with Crippen molar-refractivity contribution in [3.8, 4) is 0 Å². The van der Waals surface area contributed by atoms with E-state index in [2.05, 4.69) is 10.3 Å². The van der Waals surface area contributed by atoms with Gasteiger partial charge in [-0.2, -0.15) is 0 Å². The number of anilines is 2. The summed E-state index contributed by atoms with van der Waals surface area (Å²) in [7, 11) is 0. The van der Waals surface area contributed by atoms with E-state index in [4.69, 9.17) is 5.73 Å². The highest BCUT2D eigenvalue weighted by Gasteiger charge is 1.99. The van der Waals surface area contributed by atoms with E-state index in [1.807, 2.05) is 19.9 Å². The van der Waals surface area contributed by atoms with Crippen molar-refractivity contribution in [1.82, 2.24) is 4.98 Å². The molecular weight excluding hydrogens is 178 g/mol. The number of pyridine rings is 1. The Bertz CT molecular complexity index is 389. The van der Waals surface area contributed by atoms with Gasteiger partial charge in [0.05, 0.1) is 5.69 Å². The molecule has 0 saturated carbocycles. The number of nitrogen functional groups attached to an aromatic ring is 1. The summed E-state index contributed by atoms with van der Waals surface area (Å²) in [5.74, 6) is 0. The van der Waals surface area contributed by atoms with Gasteiger partial charge in [0.1, 0.15) is 5.69 Å². The molecule has 0 amide bonds. The average Bonchev–Trinajstić information content (AvgIpc) is 2.12. The predicted octanol–water partition coefficient (Wildman–Crippen LogP) is 1.34. The van der Waals surface area contributed by atoms with Crippen LogP contribution in [0.2, 0.25) is 0 Å². The van der Waals surface area contributed by atoms with Crippen LogP contribution in [0, 0.1) is 0 Å². The summed E-state index contributed by atoms with van der Waals surface area (Å²) in [6.45, 7) is 4.71. The summed E-state index contributed by atoms with van der Waals surface area (Å²) >= 11 is 0. The molecule has 14 heavy (non-hydrogen) atoms. The quantitative estimate of drug-likeness (QED) is 0.634. The molecule has 0 unspecified atom stereocenters. The molecule has 0 aliphatic carbocycles. The summed E-state index contributed by atoms with van der Waals surface area (Å²) in [5.41, 5.74) is 7.44. The summed E-state index contributed by atoms with van der Waals surface area (Å²) in [5, 5.41) is 3.06. The molecule has 0 atom stereocenters. The third-order valence-corrected chi connectivity index (χ3v) is 1.80. The number of aromatic amines is 1. The molecule has 76 valence electrons. The Morgan fingerprint density at radius 3 is 3.00 bits per heavy atom. The molecule has 0 aliphatic rings. The molecule has 0 radical (unpaired) electrons. The van der Waals surface area contributed by atoms with Gasteiger partial charge in [0.2, 0.25) is 0 Å². The second-order valence-corrected chi connectivity index (χ2v) is 3.30. The van der Waals surface area contributed by atoms with Gasteiger partial charge in [-0.15, -0.1) is 0 Å². The van der Waals surface area contributed by atoms with Crippen LogP contribution in [0.15, 0.2) is 28.7 Å². The first-order chi connectivity index (χ1) is 6.61. The smallest absolute Gasteiger partial charge is 0.273 e. The van der Waals surface area contributed by atoms with Gasteiger partial charge in [-0.1, -0.05) is 11.6 Å². The lowest BCUT2D eigenvalue weighted by Gasteiger charge is -2.05. The fraction of sp³-hybridized carbons (Fsp3) is 0.300. The van der Waals surface area contributed by atoms with E-state index >= 15 is 0 Å². The zero-order valence-corrected chi connectivity index (χ0v) is 8.42. The van der Waals surface area contributed by atoms with E-state index in [0.717, 1.165) is 0 Å². The zero-order valence-electron chi connectivity index (χ0n) is 8.42. The van der Waals surface area contributed by atoms with Crippen molar-refractivity contribution in [2.75, 3.05) is 17.6 Å². The van der Waals surface area contributed by atoms with Gasteiger partial charge in [-0.05, 0) is 19.9 Å². The lowest BCUT2D eigenvalue weighted by atomic mass is 10.3. The first kappa shape index (κ1) is 10.4. The van der Waals surface area contributed by atoms with Crippen LogP contribution >= 0.6 is 0 Å². The van der Waals surface area contributed by atoms with Gasteiger partial charge >= 0.3 is 0 Å². The van der Waals surface area contributed by atoms with Crippen LogP contribution in [0.1, 0.15) is 13.8 Å². The average molecular weight is 193 g/mol. The number of H-pyrrole nitrogens is 1. The van der Waals surface area contributed by atoms with E-state index in [0.29, 0.717) is 12.2 Å². The van der Waals surface area contributed by atoms with Crippen LogP contribution in [0.25, 0.3) is 0 Å². The van der Waals surface area contributed by atoms with E-state index in [1.54, 1.807) is 12.3 Å². The lowest BCUT2D eigenvalue weighted by Crippen LogP contribution is -2.14. The van der Waals surface area contributed by atoms with E-state index < -0.39 is 0 Å². The molecule has 0 bridgehead atoms. The second kappa shape index (κ2) is 4.50. The summed E-state index contributed by atoms with van der Waals surface area (Å²) in [4.78, 5) is 13.6. The number of hydrogen-bond donors (Lipinski definition) is 3. The Kier molecular flexibility index (Phi) is 3.34. The van der Waals surface area contributed by atoms with Gasteiger partial charge in [0.15, 0.2) is 0 Å². The minimum absolute atomic E-state index is 0.231. The highest BCUT2D eigenvalue weighted by molar-refractivity contribution is 5.64. The van der Waals surface area contributed by atoms with Crippen molar-refractivity contribution in [3.05, 3.63) is 34.3 Å². The van der Waals surface area contributed by atoms with Crippen molar-refractivity contribution in [1.29, 1.82) is 0 Å². The standard InChI is InChI=1S/C10H15N3O/c1-7(2)3-5-12-8-4-6-13-10(14)9(8)11/h3-4,6H,5,11H2,1-2H3,(H2,12,13,14). The highest BCUT2D eigenvalue weighted by Crippen LogP contribution is 2.10. The highest BCUT2D eigenvalue weighted by atomic mass is 16.1. The number of nitrogens with one attached hydrogen (secondary N) is 2. The fourth-order valence-corrected chi connectivity index (χ4v) is 1.01. The molecule has 4 heteroatoms. The van der Waals surface area contributed by atoms with Crippen LogP contribution in [-0.2, 0) is 0 Å². The van der Waals surface area contributed by atoms with Gasteiger partial charge in [0, 0.05) is 12.7 Å². The Morgan fingerprint density at radius 2 is 2.36 bits per heavy atom. The number of allylic oxidation sites excluding steroid dienone is 1. The molecule has 0 saturated heterocycles. The summed E-state index contributed by atoms with van der Waals surface area (Å²) < 4.78 is 0. The van der Waals surface area contributed by atoms with Crippen LogP contribution in [-0.4, -0.2) is 11.5 Å². The van der Waals surface area contributed by atoms with Crippen LogP contribution in [0.5, 0.6) is 0 Å². The molecule has 1 rings (SSSR count). The molecule has 0 aromatic carbocycles. The van der Waals surface area contributed by atoms with Gasteiger partial charge in [-0.25, -0.2) is 0 Å². The van der Waals surface area contributed by atoms with E-state index in [-0.39, 0.29) is 11.2 Å². The van der Waals surface area contributed by atoms with Crippen molar-refractivity contribution in [3.63, 3.8) is 0 Å². The van der Waals surface area contributed by atoms with Crippen molar-refractivity contribution in [2.45, 2.75) is 13.8 Å². The Morgan fingerprint density at radius 1 is 1.64 bits per heavy atom. The summed E-state index contributed by atoms with van der Waals surface area (Å²) in [6.07, 6.45) is 3.60. The maximum absolute atomic E-state index is 11.1. The molecule has 1 aromatic heterocycles.